The van der Waals surface area contributed by atoms with Gasteiger partial charge in [0.25, 0.3) is 0 Å². The Labute approximate surface area is 149 Å². The van der Waals surface area contributed by atoms with E-state index in [-0.39, 0.29) is 36.5 Å². The maximum absolute atomic E-state index is 13.1. The molecule has 1 aromatic rings. The molecule has 0 aromatic heterocycles. The lowest BCUT2D eigenvalue weighted by Gasteiger charge is -2.23. The average molecular weight is 365 g/mol. The number of halogens is 2. The van der Waals surface area contributed by atoms with Crippen LogP contribution < -0.4 is 10.6 Å². The van der Waals surface area contributed by atoms with Gasteiger partial charge in [0, 0.05) is 30.8 Å². The number of nitrogens with one attached hydrogen (secondary N) is 2. The second kappa shape index (κ2) is 7.80. The highest BCUT2D eigenvalue weighted by atomic mass is 19.2. The number of hydrogen-bond donors (Lipinski definition) is 2. The fourth-order valence-corrected chi connectivity index (χ4v) is 3.57. The molecule has 0 radical (unpaired) electrons. The second-order valence-corrected chi connectivity index (χ2v) is 6.78. The van der Waals surface area contributed by atoms with E-state index < -0.39 is 23.5 Å². The zero-order valence-electron chi connectivity index (χ0n) is 14.3. The van der Waals surface area contributed by atoms with Crippen LogP contribution in [0, 0.1) is 17.6 Å². The van der Waals surface area contributed by atoms with Crippen molar-refractivity contribution in [3.63, 3.8) is 0 Å². The maximum Gasteiger partial charge on any atom is 0.243 e. The summed E-state index contributed by atoms with van der Waals surface area (Å²) >= 11 is 0. The van der Waals surface area contributed by atoms with Gasteiger partial charge in [-0.25, -0.2) is 8.78 Å². The first kappa shape index (κ1) is 18.3. The minimum atomic E-state index is -1.07. The third-order valence-corrected chi connectivity index (χ3v) is 4.92. The van der Waals surface area contributed by atoms with E-state index in [4.69, 9.17) is 0 Å². The topological polar surface area (TPSA) is 78.5 Å². The molecule has 2 aliphatic rings. The monoisotopic (exact) mass is 365 g/mol. The molecule has 140 valence electrons. The van der Waals surface area contributed by atoms with Gasteiger partial charge in [-0.3, -0.25) is 14.4 Å². The van der Waals surface area contributed by atoms with Crippen LogP contribution in [-0.2, 0) is 14.4 Å². The number of amides is 3. The van der Waals surface area contributed by atoms with Gasteiger partial charge >= 0.3 is 0 Å². The molecular formula is C18H21F2N3O3. The average Bonchev–Trinajstić information content (AvgIpc) is 3.25. The first-order chi connectivity index (χ1) is 12.4. The largest absolute Gasteiger partial charge is 0.347 e. The molecule has 1 atom stereocenters. The second-order valence-electron chi connectivity index (χ2n) is 6.78. The molecule has 2 N–H and O–H groups in total. The van der Waals surface area contributed by atoms with Gasteiger partial charge in [0.2, 0.25) is 17.7 Å². The van der Waals surface area contributed by atoms with Crippen molar-refractivity contribution in [1.82, 2.24) is 10.2 Å². The number of carbonyl (C=O) groups excluding carboxylic acids is 3. The highest BCUT2D eigenvalue weighted by molar-refractivity contribution is 5.96. The first-order valence-electron chi connectivity index (χ1n) is 8.76. The van der Waals surface area contributed by atoms with E-state index in [1.165, 1.54) is 6.07 Å². The Morgan fingerprint density at radius 2 is 1.88 bits per heavy atom. The summed E-state index contributed by atoms with van der Waals surface area (Å²) in [6.45, 7) is 0.0894. The van der Waals surface area contributed by atoms with Gasteiger partial charge in [0.1, 0.15) is 0 Å². The van der Waals surface area contributed by atoms with E-state index in [1.54, 1.807) is 4.90 Å². The zero-order valence-corrected chi connectivity index (χ0v) is 14.3. The van der Waals surface area contributed by atoms with Crippen LogP contribution in [0.3, 0.4) is 0 Å². The first-order valence-corrected chi connectivity index (χ1v) is 8.76. The Hall–Kier alpha value is -2.51. The third-order valence-electron chi connectivity index (χ3n) is 4.92. The van der Waals surface area contributed by atoms with Crippen LogP contribution in [0.25, 0.3) is 0 Å². The van der Waals surface area contributed by atoms with Crippen LogP contribution in [0.15, 0.2) is 18.2 Å². The van der Waals surface area contributed by atoms with Crippen molar-refractivity contribution < 1.29 is 23.2 Å². The van der Waals surface area contributed by atoms with Crippen molar-refractivity contribution in [1.29, 1.82) is 0 Å². The van der Waals surface area contributed by atoms with Gasteiger partial charge in [-0.05, 0) is 25.0 Å². The summed E-state index contributed by atoms with van der Waals surface area (Å²) in [6, 6.07) is 3.24. The Kier molecular flexibility index (Phi) is 5.49. The lowest BCUT2D eigenvalue weighted by atomic mass is 10.1. The van der Waals surface area contributed by atoms with Crippen molar-refractivity contribution >= 4 is 23.4 Å². The standard InChI is InChI=1S/C18H21F2N3O3/c19-14-6-5-12(8-15(14)20)22-16(24)9-21-18(26)11-7-17(25)23(10-11)13-3-1-2-4-13/h5-6,8,11,13H,1-4,7,9-10H2,(H,21,26)(H,22,24)/t11-/m0/s1. The van der Waals surface area contributed by atoms with E-state index in [1.807, 2.05) is 0 Å². The predicted octanol–water partition coefficient (Wildman–Crippen LogP) is 1.81. The zero-order chi connectivity index (χ0) is 18.7. The number of likely N-dealkylation sites (tertiary alicyclic amines) is 1. The fourth-order valence-electron chi connectivity index (χ4n) is 3.57. The van der Waals surface area contributed by atoms with E-state index in [0.717, 1.165) is 37.8 Å². The third kappa shape index (κ3) is 4.17. The van der Waals surface area contributed by atoms with E-state index in [9.17, 15) is 23.2 Å². The molecule has 3 amide bonds. The molecular weight excluding hydrogens is 344 g/mol. The van der Waals surface area contributed by atoms with Gasteiger partial charge in [0.05, 0.1) is 12.5 Å². The lowest BCUT2D eigenvalue weighted by Crippen LogP contribution is -2.39. The molecule has 1 saturated carbocycles. The Morgan fingerprint density at radius 3 is 2.58 bits per heavy atom. The molecule has 1 aliphatic heterocycles. The van der Waals surface area contributed by atoms with Gasteiger partial charge < -0.3 is 15.5 Å². The van der Waals surface area contributed by atoms with Crippen molar-refractivity contribution in [2.24, 2.45) is 5.92 Å². The van der Waals surface area contributed by atoms with Crippen molar-refractivity contribution in [2.45, 2.75) is 38.1 Å². The highest BCUT2D eigenvalue weighted by Crippen LogP contribution is 2.29. The molecule has 1 saturated heterocycles. The van der Waals surface area contributed by atoms with Crippen molar-refractivity contribution in [3.05, 3.63) is 29.8 Å². The number of hydrogen-bond acceptors (Lipinski definition) is 3. The maximum atomic E-state index is 13.1. The normalized spacial score (nSPS) is 20.5. The summed E-state index contributed by atoms with van der Waals surface area (Å²) in [5.41, 5.74) is 0.103. The Bertz CT molecular complexity index is 720. The van der Waals surface area contributed by atoms with Gasteiger partial charge in [-0.1, -0.05) is 12.8 Å². The van der Waals surface area contributed by atoms with Gasteiger partial charge in [-0.2, -0.15) is 0 Å². The smallest absolute Gasteiger partial charge is 0.243 e. The molecule has 3 rings (SSSR count). The van der Waals surface area contributed by atoms with E-state index in [2.05, 4.69) is 10.6 Å². The van der Waals surface area contributed by atoms with Gasteiger partial charge in [-0.15, -0.1) is 0 Å². The van der Waals surface area contributed by atoms with Crippen LogP contribution in [0.1, 0.15) is 32.1 Å². The van der Waals surface area contributed by atoms with Crippen molar-refractivity contribution in [3.8, 4) is 0 Å². The number of benzene rings is 1. The molecule has 0 bridgehead atoms. The molecule has 1 aromatic carbocycles. The van der Waals surface area contributed by atoms with Crippen LogP contribution in [0.2, 0.25) is 0 Å². The molecule has 6 nitrogen and oxygen atoms in total. The number of anilines is 1. The summed E-state index contributed by atoms with van der Waals surface area (Å²) in [4.78, 5) is 38.0. The summed E-state index contributed by atoms with van der Waals surface area (Å²) in [7, 11) is 0. The van der Waals surface area contributed by atoms with E-state index >= 15 is 0 Å². The SMILES string of the molecule is O=C(CNC(=O)[C@H]1CC(=O)N(C2CCCC2)C1)Nc1ccc(F)c(F)c1. The minimum absolute atomic E-state index is 0.0108. The highest BCUT2D eigenvalue weighted by Gasteiger charge is 2.38. The molecule has 1 aliphatic carbocycles. The number of nitrogens with zero attached hydrogens (tertiary/aromatic N) is 1. The molecule has 8 heteroatoms. The van der Waals surface area contributed by atoms with Gasteiger partial charge in [0.15, 0.2) is 11.6 Å². The summed E-state index contributed by atoms with van der Waals surface area (Å²) < 4.78 is 26.0. The van der Waals surface area contributed by atoms with E-state index in [0.29, 0.717) is 6.54 Å². The summed E-state index contributed by atoms with van der Waals surface area (Å²) in [6.07, 6.45) is 4.34. The fraction of sp³-hybridized carbons (Fsp3) is 0.500. The number of carbonyl (C=O) groups is 3. The lowest BCUT2D eigenvalue weighted by molar-refractivity contribution is -0.130. The Balaban J connectivity index is 1.46. The minimum Gasteiger partial charge on any atom is -0.347 e. The molecule has 0 unspecified atom stereocenters. The Morgan fingerprint density at radius 1 is 1.15 bits per heavy atom. The molecule has 26 heavy (non-hydrogen) atoms. The molecule has 0 spiro atoms. The summed E-state index contributed by atoms with van der Waals surface area (Å²) in [5.74, 6) is -3.44. The molecule has 2 fully saturated rings. The van der Waals surface area contributed by atoms with Crippen LogP contribution >= 0.6 is 0 Å². The van der Waals surface area contributed by atoms with Crippen LogP contribution in [0.4, 0.5) is 14.5 Å². The number of rotatable bonds is 5. The van der Waals surface area contributed by atoms with Crippen molar-refractivity contribution in [2.75, 3.05) is 18.4 Å². The molecule has 1 heterocycles. The van der Waals surface area contributed by atoms with Crippen LogP contribution in [0.5, 0.6) is 0 Å². The summed E-state index contributed by atoms with van der Waals surface area (Å²) in [5, 5.41) is 4.89. The van der Waals surface area contributed by atoms with Crippen LogP contribution in [-0.4, -0.2) is 41.8 Å². The quantitative estimate of drug-likeness (QED) is 0.835. The predicted molar refractivity (Wildman–Crippen MR) is 90.1 cm³/mol.